The molecule has 3 rings (SSSR count). The minimum atomic E-state index is 0.308. The zero-order chi connectivity index (χ0) is 20.6. The molecule has 158 valence electrons. The molecule has 29 heavy (non-hydrogen) atoms. The van der Waals surface area contributed by atoms with Crippen molar-refractivity contribution in [2.45, 2.75) is 25.8 Å². The second-order valence-electron chi connectivity index (χ2n) is 8.04. The molecule has 0 radical (unpaired) electrons. The molecule has 2 aromatic rings. The zero-order valence-electron chi connectivity index (χ0n) is 17.9. The number of phenolic OH excluding ortho intramolecular Hbond substituents is 1. The highest BCUT2D eigenvalue weighted by molar-refractivity contribution is 5.43. The maximum absolute atomic E-state index is 10.4. The molecule has 0 amide bonds. The van der Waals surface area contributed by atoms with Crippen molar-refractivity contribution >= 4 is 0 Å². The van der Waals surface area contributed by atoms with Crippen molar-refractivity contribution in [1.29, 1.82) is 0 Å². The van der Waals surface area contributed by atoms with Crippen molar-refractivity contribution in [2.24, 2.45) is 5.92 Å². The summed E-state index contributed by atoms with van der Waals surface area (Å²) < 4.78 is 10.8. The third-order valence-electron chi connectivity index (χ3n) is 5.94. The number of methoxy groups -OCH3 is 2. The maximum atomic E-state index is 10.4. The van der Waals surface area contributed by atoms with Crippen LogP contribution in [0.15, 0.2) is 42.5 Å². The fourth-order valence-corrected chi connectivity index (χ4v) is 4.05. The summed E-state index contributed by atoms with van der Waals surface area (Å²) in [5, 5.41) is 10.4. The van der Waals surface area contributed by atoms with Gasteiger partial charge in [-0.25, -0.2) is 0 Å². The van der Waals surface area contributed by atoms with E-state index in [9.17, 15) is 5.11 Å². The van der Waals surface area contributed by atoms with Gasteiger partial charge in [-0.3, -0.25) is 4.90 Å². The molecule has 5 nitrogen and oxygen atoms in total. The number of benzene rings is 2. The highest BCUT2D eigenvalue weighted by Gasteiger charge is 2.21. The van der Waals surface area contributed by atoms with Crippen molar-refractivity contribution in [3.63, 3.8) is 0 Å². The van der Waals surface area contributed by atoms with Crippen LogP contribution in [0.1, 0.15) is 24.0 Å². The summed E-state index contributed by atoms with van der Waals surface area (Å²) in [5.74, 6) is 2.64. The molecule has 1 aliphatic rings. The smallest absolute Gasteiger partial charge is 0.127 e. The lowest BCUT2D eigenvalue weighted by molar-refractivity contribution is 0.155. The van der Waals surface area contributed by atoms with Crippen LogP contribution in [0.3, 0.4) is 0 Å². The first-order chi connectivity index (χ1) is 14.1. The predicted octanol–water partition coefficient (Wildman–Crippen LogP) is 3.80. The first-order valence-electron chi connectivity index (χ1n) is 10.5. The van der Waals surface area contributed by atoms with Crippen LogP contribution in [-0.2, 0) is 13.0 Å². The minimum Gasteiger partial charge on any atom is -0.507 e. The van der Waals surface area contributed by atoms with E-state index in [0.717, 1.165) is 49.7 Å². The van der Waals surface area contributed by atoms with Gasteiger partial charge in [0.1, 0.15) is 17.2 Å². The molecule has 1 saturated heterocycles. The number of hydrogen-bond acceptors (Lipinski definition) is 5. The quantitative estimate of drug-likeness (QED) is 0.696. The third-order valence-corrected chi connectivity index (χ3v) is 5.94. The molecule has 0 atom stereocenters. The topological polar surface area (TPSA) is 45.2 Å². The van der Waals surface area contributed by atoms with E-state index in [-0.39, 0.29) is 0 Å². The summed E-state index contributed by atoms with van der Waals surface area (Å²) in [5.41, 5.74) is 2.17. The van der Waals surface area contributed by atoms with Gasteiger partial charge in [-0.1, -0.05) is 18.2 Å². The van der Waals surface area contributed by atoms with E-state index >= 15 is 0 Å². The van der Waals surface area contributed by atoms with Crippen LogP contribution in [0.2, 0.25) is 0 Å². The number of likely N-dealkylation sites (tertiary alicyclic amines) is 1. The molecule has 5 heteroatoms. The van der Waals surface area contributed by atoms with Gasteiger partial charge in [0.05, 0.1) is 14.2 Å². The number of phenols is 1. The molecule has 2 aromatic carbocycles. The molecule has 0 saturated carbocycles. The summed E-state index contributed by atoms with van der Waals surface area (Å²) >= 11 is 0. The zero-order valence-corrected chi connectivity index (χ0v) is 17.9. The van der Waals surface area contributed by atoms with E-state index in [0.29, 0.717) is 18.2 Å². The summed E-state index contributed by atoms with van der Waals surface area (Å²) in [7, 11) is 5.56. The van der Waals surface area contributed by atoms with Crippen LogP contribution >= 0.6 is 0 Å². The first-order valence-corrected chi connectivity index (χ1v) is 10.5. The minimum absolute atomic E-state index is 0.308. The van der Waals surface area contributed by atoms with E-state index in [4.69, 9.17) is 9.47 Å². The van der Waals surface area contributed by atoms with Gasteiger partial charge in [0.15, 0.2) is 0 Å². The Morgan fingerprint density at radius 3 is 2.41 bits per heavy atom. The lowest BCUT2D eigenvalue weighted by Gasteiger charge is -2.33. The fourth-order valence-electron chi connectivity index (χ4n) is 4.05. The maximum Gasteiger partial charge on any atom is 0.127 e. The van der Waals surface area contributed by atoms with Crippen molar-refractivity contribution in [1.82, 2.24) is 9.80 Å². The summed E-state index contributed by atoms with van der Waals surface area (Å²) in [6, 6.07) is 13.8. The summed E-state index contributed by atoms with van der Waals surface area (Å²) in [6.45, 7) is 5.00. The molecule has 0 aromatic heterocycles. The molecule has 1 heterocycles. The molecule has 1 aliphatic heterocycles. The van der Waals surface area contributed by atoms with Gasteiger partial charge in [0.2, 0.25) is 0 Å². The van der Waals surface area contributed by atoms with Crippen LogP contribution in [-0.4, -0.2) is 62.4 Å². The van der Waals surface area contributed by atoms with Crippen LogP contribution in [0.4, 0.5) is 0 Å². The fraction of sp³-hybridized carbons (Fsp3) is 0.500. The SMILES string of the molecule is COc1ccc(CCN(Cc2c(O)cccc2OC)CC2CCN(C)CC2)cc1. The Kier molecular flexibility index (Phi) is 7.78. The van der Waals surface area contributed by atoms with Crippen molar-refractivity contribution in [2.75, 3.05) is 47.4 Å². The van der Waals surface area contributed by atoms with Gasteiger partial charge in [-0.2, -0.15) is 0 Å². The van der Waals surface area contributed by atoms with E-state index in [1.54, 1.807) is 20.3 Å². The van der Waals surface area contributed by atoms with Gasteiger partial charge < -0.3 is 19.5 Å². The molecule has 0 spiro atoms. The Labute approximate surface area is 174 Å². The molecular weight excluding hydrogens is 364 g/mol. The molecular formula is C24H34N2O3. The monoisotopic (exact) mass is 398 g/mol. The van der Waals surface area contributed by atoms with Gasteiger partial charge >= 0.3 is 0 Å². The van der Waals surface area contributed by atoms with Crippen molar-refractivity contribution < 1.29 is 14.6 Å². The standard InChI is InChI=1S/C24H34N2O3/c1-25-14-11-20(12-15-25)17-26(16-13-19-7-9-21(28-2)10-8-19)18-22-23(27)5-4-6-24(22)29-3/h4-10,20,27H,11-18H2,1-3H3. The highest BCUT2D eigenvalue weighted by Crippen LogP contribution is 2.29. The van der Waals surface area contributed by atoms with Crippen LogP contribution < -0.4 is 9.47 Å². The largest absolute Gasteiger partial charge is 0.507 e. The van der Waals surface area contributed by atoms with Gasteiger partial charge in [-0.15, -0.1) is 0 Å². The average Bonchev–Trinajstić information content (AvgIpc) is 2.75. The average molecular weight is 399 g/mol. The predicted molar refractivity (Wildman–Crippen MR) is 117 cm³/mol. The number of aromatic hydroxyl groups is 1. The first kappa shape index (κ1) is 21.5. The molecule has 0 aliphatic carbocycles. The molecule has 0 bridgehead atoms. The summed E-state index contributed by atoms with van der Waals surface area (Å²) in [4.78, 5) is 4.88. The summed E-state index contributed by atoms with van der Waals surface area (Å²) in [6.07, 6.45) is 3.42. The van der Waals surface area contributed by atoms with E-state index in [1.807, 2.05) is 24.3 Å². The lowest BCUT2D eigenvalue weighted by Crippen LogP contribution is -2.37. The van der Waals surface area contributed by atoms with E-state index in [1.165, 1.54) is 18.4 Å². The normalized spacial score (nSPS) is 15.6. The highest BCUT2D eigenvalue weighted by atomic mass is 16.5. The third kappa shape index (κ3) is 6.12. The van der Waals surface area contributed by atoms with Crippen molar-refractivity contribution in [3.05, 3.63) is 53.6 Å². The van der Waals surface area contributed by atoms with Crippen LogP contribution in [0.25, 0.3) is 0 Å². The number of hydrogen-bond donors (Lipinski definition) is 1. The Hall–Kier alpha value is -2.24. The molecule has 0 unspecified atom stereocenters. The van der Waals surface area contributed by atoms with Crippen LogP contribution in [0.5, 0.6) is 17.2 Å². The number of piperidine rings is 1. The van der Waals surface area contributed by atoms with Crippen LogP contribution in [0, 0.1) is 5.92 Å². The Morgan fingerprint density at radius 1 is 1.03 bits per heavy atom. The van der Waals surface area contributed by atoms with Gasteiger partial charge in [0.25, 0.3) is 0 Å². The van der Waals surface area contributed by atoms with E-state index < -0.39 is 0 Å². The number of ether oxygens (including phenoxy) is 2. The van der Waals surface area contributed by atoms with Gasteiger partial charge in [0, 0.05) is 25.2 Å². The lowest BCUT2D eigenvalue weighted by atomic mass is 9.96. The number of nitrogens with zero attached hydrogens (tertiary/aromatic N) is 2. The molecule has 1 fully saturated rings. The molecule has 1 N–H and O–H groups in total. The van der Waals surface area contributed by atoms with E-state index in [2.05, 4.69) is 29.0 Å². The van der Waals surface area contributed by atoms with Gasteiger partial charge in [-0.05, 0) is 75.1 Å². The Balaban J connectivity index is 1.70. The second kappa shape index (κ2) is 10.5. The Bertz CT molecular complexity index is 755. The second-order valence-corrected chi connectivity index (χ2v) is 8.04. The number of rotatable bonds is 9. The van der Waals surface area contributed by atoms with Crippen molar-refractivity contribution in [3.8, 4) is 17.2 Å². The Morgan fingerprint density at radius 2 is 1.76 bits per heavy atom.